The second-order valence-corrected chi connectivity index (χ2v) is 6.27. The van der Waals surface area contributed by atoms with Gasteiger partial charge in [-0.1, -0.05) is 6.92 Å². The molecular formula is C18H29NO9. The molecule has 1 amide bonds. The summed E-state index contributed by atoms with van der Waals surface area (Å²) in [6.07, 6.45) is 1.32. The number of amides is 1. The van der Waals surface area contributed by atoms with Crippen molar-refractivity contribution in [3.8, 4) is 0 Å². The smallest absolute Gasteiger partial charge is 0.326 e. The lowest BCUT2D eigenvalue weighted by molar-refractivity contribution is -0.143. The molecule has 0 heterocycles. The van der Waals surface area contributed by atoms with E-state index in [1.807, 2.05) is 0 Å². The van der Waals surface area contributed by atoms with E-state index in [0.29, 0.717) is 25.9 Å². The largest absolute Gasteiger partial charge is 0.481 e. The minimum atomic E-state index is -1.24. The second kappa shape index (κ2) is 15.7. The van der Waals surface area contributed by atoms with Crippen LogP contribution in [-0.2, 0) is 33.4 Å². The molecule has 0 fully saturated rings. The van der Waals surface area contributed by atoms with Crippen molar-refractivity contribution in [2.45, 2.75) is 51.5 Å². The summed E-state index contributed by atoms with van der Waals surface area (Å²) < 4.78 is 10.1. The maximum absolute atomic E-state index is 11.8. The maximum Gasteiger partial charge on any atom is 0.326 e. The topological polar surface area (TPSA) is 156 Å². The second-order valence-electron chi connectivity index (χ2n) is 6.27. The average Bonchev–Trinajstić information content (AvgIpc) is 2.64. The van der Waals surface area contributed by atoms with Gasteiger partial charge in [-0.25, -0.2) is 4.79 Å². The number of carboxylic acid groups (broad SMARTS) is 2. The van der Waals surface area contributed by atoms with Crippen molar-refractivity contribution in [3.63, 3.8) is 0 Å². The summed E-state index contributed by atoms with van der Waals surface area (Å²) in [5.41, 5.74) is 0. The normalized spacial score (nSPS) is 12.8. The van der Waals surface area contributed by atoms with Gasteiger partial charge in [0.05, 0.1) is 19.1 Å². The van der Waals surface area contributed by atoms with Crippen molar-refractivity contribution >= 4 is 29.9 Å². The molecule has 0 aliphatic rings. The van der Waals surface area contributed by atoms with E-state index < -0.39 is 29.8 Å². The minimum absolute atomic E-state index is 0.00518. The summed E-state index contributed by atoms with van der Waals surface area (Å²) in [5.74, 6) is -3.66. The van der Waals surface area contributed by atoms with Crippen molar-refractivity contribution < 1.29 is 43.7 Å². The van der Waals surface area contributed by atoms with Crippen molar-refractivity contribution in [2.75, 3.05) is 26.4 Å². The first kappa shape index (κ1) is 25.7. The summed E-state index contributed by atoms with van der Waals surface area (Å²) in [6.45, 7) is 2.43. The van der Waals surface area contributed by atoms with Crippen LogP contribution in [0.1, 0.15) is 45.4 Å². The monoisotopic (exact) mass is 403 g/mol. The number of aliphatic carboxylic acids is 2. The molecule has 0 radical (unpaired) electrons. The zero-order chi connectivity index (χ0) is 21.4. The van der Waals surface area contributed by atoms with Crippen LogP contribution < -0.4 is 5.32 Å². The number of carbonyl (C=O) groups is 5. The molecule has 0 spiro atoms. The number of nitrogens with one attached hydrogen (secondary N) is 1. The molecule has 3 N–H and O–H groups in total. The highest BCUT2D eigenvalue weighted by molar-refractivity contribution is 5.85. The highest BCUT2D eigenvalue weighted by Crippen LogP contribution is 2.07. The van der Waals surface area contributed by atoms with Gasteiger partial charge in [0.25, 0.3) is 0 Å². The zero-order valence-electron chi connectivity index (χ0n) is 16.1. The van der Waals surface area contributed by atoms with Crippen LogP contribution >= 0.6 is 0 Å². The van der Waals surface area contributed by atoms with Gasteiger partial charge in [0, 0.05) is 25.9 Å². The number of hydrogen-bond acceptors (Lipinski definition) is 7. The van der Waals surface area contributed by atoms with Crippen molar-refractivity contribution in [1.29, 1.82) is 0 Å². The molecule has 2 atom stereocenters. The number of Topliss-reactive ketones (excluding diaryl/α,β-unsaturated/α-hetero) is 1. The van der Waals surface area contributed by atoms with E-state index in [9.17, 15) is 24.0 Å². The summed E-state index contributed by atoms with van der Waals surface area (Å²) in [6, 6.07) is -1.19. The molecule has 10 heteroatoms. The van der Waals surface area contributed by atoms with Gasteiger partial charge < -0.3 is 29.8 Å². The van der Waals surface area contributed by atoms with Gasteiger partial charge in [-0.3, -0.25) is 14.4 Å². The van der Waals surface area contributed by atoms with Gasteiger partial charge >= 0.3 is 11.9 Å². The Hall–Kier alpha value is -2.33. The lowest BCUT2D eigenvalue weighted by Gasteiger charge is -2.14. The number of carboxylic acids is 2. The molecule has 0 saturated heterocycles. The molecule has 0 unspecified atom stereocenters. The molecule has 0 aliphatic heterocycles. The molecule has 0 aliphatic carbocycles. The molecule has 0 saturated carbocycles. The fourth-order valence-corrected chi connectivity index (χ4v) is 2.15. The SMILES string of the molecule is C[C@@H](CCC(=O)N[C@H](CCC(=O)CCCOCCOCC=O)C(=O)O)C(=O)O. The van der Waals surface area contributed by atoms with E-state index in [1.165, 1.54) is 6.92 Å². The third-order valence-electron chi connectivity index (χ3n) is 3.87. The Morgan fingerprint density at radius 1 is 0.929 bits per heavy atom. The standard InChI is InChI=1S/C18H29NO9/c1-13(17(23)24)4-7-16(22)19-15(18(25)26)6-5-14(21)3-2-9-27-11-12-28-10-8-20/h8,13,15H,2-7,9-12H2,1H3,(H,19,22)(H,23,24)(H,25,26)/t13-,15+/m0/s1. The molecule has 10 nitrogen and oxygen atoms in total. The Morgan fingerprint density at radius 3 is 2.21 bits per heavy atom. The van der Waals surface area contributed by atoms with E-state index in [4.69, 9.17) is 19.7 Å². The first-order chi connectivity index (χ1) is 13.3. The van der Waals surface area contributed by atoms with Crippen LogP contribution in [-0.4, -0.2) is 72.6 Å². The quantitative estimate of drug-likeness (QED) is 0.218. The molecule has 0 rings (SSSR count). The molecule has 28 heavy (non-hydrogen) atoms. The number of carbonyl (C=O) groups excluding carboxylic acids is 3. The Labute approximate surface area is 163 Å². The molecular weight excluding hydrogens is 374 g/mol. The van der Waals surface area contributed by atoms with E-state index in [0.717, 1.165) is 0 Å². The number of ketones is 1. The van der Waals surface area contributed by atoms with Crippen molar-refractivity contribution in [3.05, 3.63) is 0 Å². The van der Waals surface area contributed by atoms with Gasteiger partial charge in [-0.05, 0) is 19.3 Å². The van der Waals surface area contributed by atoms with Crippen molar-refractivity contribution in [2.24, 2.45) is 5.92 Å². The highest BCUT2D eigenvalue weighted by atomic mass is 16.5. The van der Waals surface area contributed by atoms with Crippen LogP contribution in [0.4, 0.5) is 0 Å². The van der Waals surface area contributed by atoms with Gasteiger partial charge in [0.1, 0.15) is 24.7 Å². The fraction of sp³-hybridized carbons (Fsp3) is 0.722. The van der Waals surface area contributed by atoms with Gasteiger partial charge in [-0.15, -0.1) is 0 Å². The lowest BCUT2D eigenvalue weighted by atomic mass is 10.0. The summed E-state index contributed by atoms with van der Waals surface area (Å²) >= 11 is 0. The van der Waals surface area contributed by atoms with Gasteiger partial charge in [-0.2, -0.15) is 0 Å². The first-order valence-electron chi connectivity index (χ1n) is 9.13. The molecule has 160 valence electrons. The van der Waals surface area contributed by atoms with Crippen LogP contribution in [0.2, 0.25) is 0 Å². The minimum Gasteiger partial charge on any atom is -0.481 e. The van der Waals surface area contributed by atoms with E-state index >= 15 is 0 Å². The van der Waals surface area contributed by atoms with Crippen LogP contribution in [0.25, 0.3) is 0 Å². The van der Waals surface area contributed by atoms with Crippen LogP contribution in [0, 0.1) is 5.92 Å². The number of aldehydes is 1. The summed E-state index contributed by atoms with van der Waals surface area (Å²) in [7, 11) is 0. The van der Waals surface area contributed by atoms with Crippen LogP contribution in [0.5, 0.6) is 0 Å². The highest BCUT2D eigenvalue weighted by Gasteiger charge is 2.21. The van der Waals surface area contributed by atoms with Crippen molar-refractivity contribution in [1.82, 2.24) is 5.32 Å². The van der Waals surface area contributed by atoms with E-state index in [1.54, 1.807) is 0 Å². The molecule has 0 aromatic rings. The average molecular weight is 403 g/mol. The lowest BCUT2D eigenvalue weighted by Crippen LogP contribution is -2.41. The summed E-state index contributed by atoms with van der Waals surface area (Å²) in [5, 5.41) is 20.3. The number of hydrogen-bond donors (Lipinski definition) is 3. The Morgan fingerprint density at radius 2 is 1.61 bits per heavy atom. The fourth-order valence-electron chi connectivity index (χ4n) is 2.15. The number of rotatable bonds is 18. The zero-order valence-corrected chi connectivity index (χ0v) is 16.1. The molecule has 0 bridgehead atoms. The Kier molecular flexibility index (Phi) is 14.4. The summed E-state index contributed by atoms with van der Waals surface area (Å²) in [4.78, 5) is 55.6. The van der Waals surface area contributed by atoms with Crippen LogP contribution in [0.15, 0.2) is 0 Å². The van der Waals surface area contributed by atoms with Crippen LogP contribution in [0.3, 0.4) is 0 Å². The predicted octanol–water partition coefficient (Wildman–Crippen LogP) is 0.418. The van der Waals surface area contributed by atoms with Gasteiger partial charge in [0.15, 0.2) is 0 Å². The Bertz CT molecular complexity index is 521. The molecule has 0 aromatic heterocycles. The third kappa shape index (κ3) is 13.8. The van der Waals surface area contributed by atoms with E-state index in [2.05, 4.69) is 5.32 Å². The maximum atomic E-state index is 11.8. The first-order valence-corrected chi connectivity index (χ1v) is 9.13. The van der Waals surface area contributed by atoms with E-state index in [-0.39, 0.29) is 51.1 Å². The van der Waals surface area contributed by atoms with Gasteiger partial charge in [0.2, 0.25) is 5.91 Å². The third-order valence-corrected chi connectivity index (χ3v) is 3.87. The molecule has 0 aromatic carbocycles. The Balaban J connectivity index is 3.99. The predicted molar refractivity (Wildman–Crippen MR) is 96.8 cm³/mol. The number of ether oxygens (including phenoxy) is 2.